The van der Waals surface area contributed by atoms with Gasteiger partial charge < -0.3 is 19.1 Å². The second-order valence-corrected chi connectivity index (χ2v) is 5.26. The van der Waals surface area contributed by atoms with Gasteiger partial charge in [-0.1, -0.05) is 0 Å². The molecule has 1 heterocycles. The van der Waals surface area contributed by atoms with E-state index < -0.39 is 5.60 Å². The molecule has 0 aromatic rings. The van der Waals surface area contributed by atoms with Gasteiger partial charge in [0.15, 0.2) is 0 Å². The molecule has 0 radical (unpaired) electrons. The van der Waals surface area contributed by atoms with E-state index in [1.807, 2.05) is 20.8 Å². The summed E-state index contributed by atoms with van der Waals surface area (Å²) in [6.07, 6.45) is 1.69. The standard InChI is InChI=1S/C12H23NO4/c1-12(2,3)17-11(14)13-7-5-6-10(8-13)16-9-15-4/h10H,5-9H2,1-4H3/t10-/m0/s1. The van der Waals surface area contributed by atoms with Crippen LogP contribution in [-0.2, 0) is 14.2 Å². The van der Waals surface area contributed by atoms with Crippen LogP contribution in [0.15, 0.2) is 0 Å². The number of rotatable bonds is 3. The fraction of sp³-hybridized carbons (Fsp3) is 0.917. The molecule has 5 heteroatoms. The van der Waals surface area contributed by atoms with Crippen molar-refractivity contribution in [3.63, 3.8) is 0 Å². The smallest absolute Gasteiger partial charge is 0.410 e. The first-order valence-electron chi connectivity index (χ1n) is 6.01. The Balaban J connectivity index is 2.40. The average Bonchev–Trinajstić information content (AvgIpc) is 2.24. The van der Waals surface area contributed by atoms with Crippen LogP contribution in [0.3, 0.4) is 0 Å². The predicted molar refractivity (Wildman–Crippen MR) is 63.8 cm³/mol. The van der Waals surface area contributed by atoms with Crippen molar-refractivity contribution in [2.45, 2.75) is 45.3 Å². The van der Waals surface area contributed by atoms with E-state index >= 15 is 0 Å². The maximum atomic E-state index is 11.8. The fourth-order valence-electron chi connectivity index (χ4n) is 1.73. The molecule has 0 N–H and O–H groups in total. The third-order valence-electron chi connectivity index (χ3n) is 2.45. The summed E-state index contributed by atoms with van der Waals surface area (Å²) in [7, 11) is 1.59. The number of carbonyl (C=O) groups is 1. The number of carbonyl (C=O) groups excluding carboxylic acids is 1. The van der Waals surface area contributed by atoms with E-state index in [4.69, 9.17) is 14.2 Å². The molecule has 1 aliphatic heterocycles. The third-order valence-corrected chi connectivity index (χ3v) is 2.45. The summed E-state index contributed by atoms with van der Waals surface area (Å²) in [5, 5.41) is 0. The van der Waals surface area contributed by atoms with E-state index in [2.05, 4.69) is 0 Å². The molecule has 17 heavy (non-hydrogen) atoms. The molecule has 0 spiro atoms. The number of ether oxygens (including phenoxy) is 3. The van der Waals surface area contributed by atoms with Gasteiger partial charge in [0.25, 0.3) is 0 Å². The van der Waals surface area contributed by atoms with Crippen LogP contribution in [0.25, 0.3) is 0 Å². The van der Waals surface area contributed by atoms with Crippen LogP contribution in [-0.4, -0.2) is 49.7 Å². The average molecular weight is 245 g/mol. The van der Waals surface area contributed by atoms with Crippen LogP contribution in [0.4, 0.5) is 4.79 Å². The maximum Gasteiger partial charge on any atom is 0.410 e. The van der Waals surface area contributed by atoms with Gasteiger partial charge in [-0.3, -0.25) is 0 Å². The van der Waals surface area contributed by atoms with E-state index in [-0.39, 0.29) is 19.0 Å². The molecule has 0 bridgehead atoms. The highest BCUT2D eigenvalue weighted by atomic mass is 16.7. The first-order chi connectivity index (χ1) is 7.92. The minimum Gasteiger partial charge on any atom is -0.444 e. The summed E-state index contributed by atoms with van der Waals surface area (Å²) < 4.78 is 15.7. The molecule has 1 rings (SSSR count). The van der Waals surface area contributed by atoms with E-state index in [0.29, 0.717) is 6.54 Å². The van der Waals surface area contributed by atoms with Crippen LogP contribution in [0.2, 0.25) is 0 Å². The largest absolute Gasteiger partial charge is 0.444 e. The minimum atomic E-state index is -0.447. The summed E-state index contributed by atoms with van der Waals surface area (Å²) in [4.78, 5) is 13.6. The zero-order valence-electron chi connectivity index (χ0n) is 11.2. The molecular weight excluding hydrogens is 222 g/mol. The van der Waals surface area contributed by atoms with Crippen molar-refractivity contribution in [3.05, 3.63) is 0 Å². The molecule has 0 aliphatic carbocycles. The summed E-state index contributed by atoms with van der Waals surface area (Å²) in [5.74, 6) is 0. The second kappa shape index (κ2) is 6.21. The lowest BCUT2D eigenvalue weighted by Gasteiger charge is -2.33. The number of nitrogens with zero attached hydrogens (tertiary/aromatic N) is 1. The first-order valence-corrected chi connectivity index (χ1v) is 6.01. The number of piperidine rings is 1. The van der Waals surface area contributed by atoms with Crippen molar-refractivity contribution in [3.8, 4) is 0 Å². The van der Waals surface area contributed by atoms with E-state index in [0.717, 1.165) is 19.4 Å². The molecule has 0 aromatic carbocycles. The van der Waals surface area contributed by atoms with Crippen LogP contribution in [0, 0.1) is 0 Å². The number of likely N-dealkylation sites (tertiary alicyclic amines) is 1. The van der Waals surface area contributed by atoms with Gasteiger partial charge in [-0.15, -0.1) is 0 Å². The highest BCUT2D eigenvalue weighted by Crippen LogP contribution is 2.17. The minimum absolute atomic E-state index is 0.0521. The van der Waals surface area contributed by atoms with Crippen LogP contribution < -0.4 is 0 Å². The van der Waals surface area contributed by atoms with Crippen LogP contribution in [0.1, 0.15) is 33.6 Å². The van der Waals surface area contributed by atoms with Crippen molar-refractivity contribution in [1.29, 1.82) is 0 Å². The molecule has 0 saturated carbocycles. The zero-order valence-corrected chi connectivity index (χ0v) is 11.2. The summed E-state index contributed by atoms with van der Waals surface area (Å²) in [6, 6.07) is 0. The number of methoxy groups -OCH3 is 1. The Hall–Kier alpha value is -0.810. The van der Waals surface area contributed by atoms with Crippen LogP contribution in [0.5, 0.6) is 0 Å². The Kier molecular flexibility index (Phi) is 5.21. The molecule has 100 valence electrons. The van der Waals surface area contributed by atoms with Crippen molar-refractivity contribution < 1.29 is 19.0 Å². The van der Waals surface area contributed by atoms with Crippen LogP contribution >= 0.6 is 0 Å². The van der Waals surface area contributed by atoms with E-state index in [1.54, 1.807) is 12.0 Å². The lowest BCUT2D eigenvalue weighted by molar-refractivity contribution is -0.0923. The molecule has 1 amide bonds. The number of amides is 1. The molecule has 1 fully saturated rings. The molecule has 0 aromatic heterocycles. The Morgan fingerprint density at radius 1 is 1.41 bits per heavy atom. The monoisotopic (exact) mass is 245 g/mol. The lowest BCUT2D eigenvalue weighted by Crippen LogP contribution is -2.45. The van der Waals surface area contributed by atoms with Gasteiger partial charge in [-0.05, 0) is 33.6 Å². The molecular formula is C12H23NO4. The second-order valence-electron chi connectivity index (χ2n) is 5.26. The van der Waals surface area contributed by atoms with E-state index in [9.17, 15) is 4.79 Å². The lowest BCUT2D eigenvalue weighted by atomic mass is 10.1. The first kappa shape index (κ1) is 14.3. The zero-order chi connectivity index (χ0) is 12.9. The van der Waals surface area contributed by atoms with Gasteiger partial charge in [-0.2, -0.15) is 0 Å². The third kappa shape index (κ3) is 5.37. The van der Waals surface area contributed by atoms with Gasteiger partial charge in [0, 0.05) is 13.7 Å². The van der Waals surface area contributed by atoms with Crippen molar-refractivity contribution in [2.75, 3.05) is 27.0 Å². The highest BCUT2D eigenvalue weighted by Gasteiger charge is 2.27. The molecule has 1 aliphatic rings. The Labute approximate surface area is 103 Å². The Morgan fingerprint density at radius 3 is 2.71 bits per heavy atom. The fourth-order valence-corrected chi connectivity index (χ4v) is 1.73. The number of hydrogen-bond donors (Lipinski definition) is 0. The normalized spacial score (nSPS) is 21.4. The Morgan fingerprint density at radius 2 is 2.12 bits per heavy atom. The van der Waals surface area contributed by atoms with Crippen molar-refractivity contribution in [2.24, 2.45) is 0 Å². The van der Waals surface area contributed by atoms with Gasteiger partial charge in [0.2, 0.25) is 0 Å². The van der Waals surface area contributed by atoms with Crippen molar-refractivity contribution >= 4 is 6.09 Å². The van der Waals surface area contributed by atoms with Crippen molar-refractivity contribution in [1.82, 2.24) is 4.90 Å². The topological polar surface area (TPSA) is 48.0 Å². The quantitative estimate of drug-likeness (QED) is 0.714. The summed E-state index contributed by atoms with van der Waals surface area (Å²) in [6.45, 7) is 7.20. The molecule has 1 saturated heterocycles. The summed E-state index contributed by atoms with van der Waals surface area (Å²) in [5.41, 5.74) is -0.447. The van der Waals surface area contributed by atoms with Gasteiger partial charge in [0.1, 0.15) is 12.4 Å². The molecule has 1 atom stereocenters. The summed E-state index contributed by atoms with van der Waals surface area (Å²) >= 11 is 0. The van der Waals surface area contributed by atoms with Gasteiger partial charge in [0.05, 0.1) is 12.6 Å². The van der Waals surface area contributed by atoms with Gasteiger partial charge in [-0.25, -0.2) is 4.79 Å². The molecule has 0 unspecified atom stereocenters. The van der Waals surface area contributed by atoms with Gasteiger partial charge >= 0.3 is 6.09 Å². The molecule has 5 nitrogen and oxygen atoms in total. The number of hydrogen-bond acceptors (Lipinski definition) is 4. The SMILES string of the molecule is COCO[C@H]1CCCN(C(=O)OC(C)(C)C)C1. The predicted octanol–water partition coefficient (Wildman–Crippen LogP) is 2.01. The maximum absolute atomic E-state index is 11.8. The highest BCUT2D eigenvalue weighted by molar-refractivity contribution is 5.68. The Bertz CT molecular complexity index is 249. The van der Waals surface area contributed by atoms with E-state index in [1.165, 1.54) is 0 Å².